The van der Waals surface area contributed by atoms with E-state index in [1.807, 2.05) is 12.3 Å². The molecule has 2 aliphatic rings. The number of rotatable bonds is 5. The van der Waals surface area contributed by atoms with E-state index in [9.17, 15) is 4.79 Å². The Morgan fingerprint density at radius 3 is 2.39 bits per heavy atom. The van der Waals surface area contributed by atoms with Crippen LogP contribution in [-0.4, -0.2) is 73.7 Å². The molecule has 28 heavy (non-hydrogen) atoms. The summed E-state index contributed by atoms with van der Waals surface area (Å²) in [6.45, 7) is 7.94. The van der Waals surface area contributed by atoms with Gasteiger partial charge in [0.2, 0.25) is 5.91 Å². The third-order valence-electron chi connectivity index (χ3n) is 5.75. The van der Waals surface area contributed by atoms with Gasteiger partial charge in [-0.2, -0.15) is 0 Å². The lowest BCUT2D eigenvalue weighted by atomic mass is 9.78. The number of aromatic nitrogens is 1. The summed E-state index contributed by atoms with van der Waals surface area (Å²) < 4.78 is 5.42. The molecule has 6 nitrogen and oxygen atoms in total. The highest BCUT2D eigenvalue weighted by Crippen LogP contribution is 2.32. The number of nitrogens with zero attached hydrogens (tertiary/aromatic N) is 3. The average Bonchev–Trinajstić information content (AvgIpc) is 2.68. The van der Waals surface area contributed by atoms with Gasteiger partial charge in [0.05, 0.1) is 12.0 Å². The van der Waals surface area contributed by atoms with Crippen LogP contribution < -0.4 is 5.32 Å². The number of ether oxygens (including phenoxy) is 1. The molecule has 3 rings (SSSR count). The summed E-state index contributed by atoms with van der Waals surface area (Å²) in [6, 6.07) is 4.44. The molecule has 1 amide bonds. The van der Waals surface area contributed by atoms with E-state index < -0.39 is 0 Å². The highest BCUT2D eigenvalue weighted by molar-refractivity contribution is 5.86. The molecule has 0 aliphatic carbocycles. The molecule has 9 heteroatoms. The SMILES string of the molecule is COCC1(C(=O)N2CCN(C(C)c3cccnc3)CC2)CCNCC1.Cl.Cl.Cl. The monoisotopic (exact) mass is 454 g/mol. The van der Waals surface area contributed by atoms with Crippen LogP contribution in [0.3, 0.4) is 0 Å². The molecule has 0 spiro atoms. The molecule has 0 aromatic carbocycles. The highest BCUT2D eigenvalue weighted by atomic mass is 35.5. The van der Waals surface area contributed by atoms with Crippen molar-refractivity contribution in [2.75, 3.05) is 53.0 Å². The fourth-order valence-corrected chi connectivity index (χ4v) is 4.08. The number of pyridine rings is 1. The number of hydrogen-bond donors (Lipinski definition) is 1. The third-order valence-corrected chi connectivity index (χ3v) is 5.75. The Morgan fingerprint density at radius 2 is 1.86 bits per heavy atom. The second-order valence-corrected chi connectivity index (χ2v) is 7.25. The number of piperidine rings is 1. The predicted octanol–water partition coefficient (Wildman–Crippen LogP) is 2.57. The molecular weight excluding hydrogens is 423 g/mol. The number of halogens is 3. The zero-order chi connectivity index (χ0) is 17.7. The van der Waals surface area contributed by atoms with Gasteiger partial charge < -0.3 is 15.0 Å². The Hall–Kier alpha value is -0.630. The summed E-state index contributed by atoms with van der Waals surface area (Å²) in [5.41, 5.74) is 0.897. The Kier molecular flexibility index (Phi) is 12.5. The smallest absolute Gasteiger partial charge is 0.231 e. The molecule has 162 valence electrons. The first kappa shape index (κ1) is 27.4. The van der Waals surface area contributed by atoms with E-state index in [1.54, 1.807) is 13.3 Å². The maximum Gasteiger partial charge on any atom is 0.231 e. The predicted molar refractivity (Wildman–Crippen MR) is 119 cm³/mol. The van der Waals surface area contributed by atoms with Gasteiger partial charge in [0, 0.05) is 51.7 Å². The zero-order valence-electron chi connectivity index (χ0n) is 16.6. The standard InChI is InChI=1S/C19H30N4O2.3ClH/c1-16(17-4-3-7-21-14-17)22-10-12-23(13-11-22)18(24)19(15-25-2)5-8-20-9-6-19;;;/h3-4,7,14,16,20H,5-6,8-13,15H2,1-2H3;3*1H. The topological polar surface area (TPSA) is 57.7 Å². The molecule has 0 saturated carbocycles. The largest absolute Gasteiger partial charge is 0.384 e. The van der Waals surface area contributed by atoms with Gasteiger partial charge in [-0.25, -0.2) is 0 Å². The molecule has 2 fully saturated rings. The van der Waals surface area contributed by atoms with Crippen LogP contribution in [0, 0.1) is 5.41 Å². The van der Waals surface area contributed by atoms with Gasteiger partial charge in [-0.15, -0.1) is 37.2 Å². The lowest BCUT2D eigenvalue weighted by molar-refractivity contribution is -0.149. The molecule has 0 bridgehead atoms. The molecule has 1 aromatic heterocycles. The van der Waals surface area contributed by atoms with E-state index in [2.05, 4.69) is 33.1 Å². The molecule has 2 saturated heterocycles. The summed E-state index contributed by atoms with van der Waals surface area (Å²) >= 11 is 0. The van der Waals surface area contributed by atoms with Gasteiger partial charge in [-0.3, -0.25) is 14.7 Å². The van der Waals surface area contributed by atoms with Crippen LogP contribution in [0.4, 0.5) is 0 Å². The fourth-order valence-electron chi connectivity index (χ4n) is 4.08. The van der Waals surface area contributed by atoms with Gasteiger partial charge in [-0.1, -0.05) is 6.07 Å². The first-order valence-corrected chi connectivity index (χ1v) is 9.29. The second kappa shape index (κ2) is 12.8. The maximum absolute atomic E-state index is 13.2. The van der Waals surface area contributed by atoms with Gasteiger partial charge in [0.25, 0.3) is 0 Å². The second-order valence-electron chi connectivity index (χ2n) is 7.25. The zero-order valence-corrected chi connectivity index (χ0v) is 19.1. The number of nitrogens with one attached hydrogen (secondary N) is 1. The highest BCUT2D eigenvalue weighted by Gasteiger charge is 2.43. The number of piperazine rings is 1. The van der Waals surface area contributed by atoms with Crippen molar-refractivity contribution in [1.82, 2.24) is 20.1 Å². The van der Waals surface area contributed by atoms with Gasteiger partial charge in [-0.05, 0) is 44.5 Å². The molecular formula is C19H33Cl3N4O2. The summed E-state index contributed by atoms with van der Waals surface area (Å²) in [6.07, 6.45) is 5.48. The van der Waals surface area contributed by atoms with Crippen LogP contribution >= 0.6 is 37.2 Å². The number of amides is 1. The van der Waals surface area contributed by atoms with E-state index >= 15 is 0 Å². The van der Waals surface area contributed by atoms with Crippen molar-refractivity contribution in [3.63, 3.8) is 0 Å². The van der Waals surface area contributed by atoms with Crippen molar-refractivity contribution >= 4 is 43.1 Å². The van der Waals surface area contributed by atoms with Crippen molar-refractivity contribution in [2.45, 2.75) is 25.8 Å². The Labute approximate surface area is 187 Å². The van der Waals surface area contributed by atoms with Gasteiger partial charge in [0.15, 0.2) is 0 Å². The number of hydrogen-bond acceptors (Lipinski definition) is 5. The number of carbonyl (C=O) groups is 1. The van der Waals surface area contributed by atoms with Crippen molar-refractivity contribution in [1.29, 1.82) is 0 Å². The molecule has 0 radical (unpaired) electrons. The van der Waals surface area contributed by atoms with Crippen molar-refractivity contribution in [3.05, 3.63) is 30.1 Å². The molecule has 1 unspecified atom stereocenters. The Balaban J connectivity index is 0.00000243. The number of methoxy groups -OCH3 is 1. The average molecular weight is 456 g/mol. The summed E-state index contributed by atoms with van der Waals surface area (Å²) in [5.74, 6) is 0.282. The minimum Gasteiger partial charge on any atom is -0.384 e. The summed E-state index contributed by atoms with van der Waals surface area (Å²) in [4.78, 5) is 21.9. The van der Waals surface area contributed by atoms with Gasteiger partial charge >= 0.3 is 0 Å². The van der Waals surface area contributed by atoms with E-state index in [0.29, 0.717) is 12.6 Å². The molecule has 1 aromatic rings. The van der Waals surface area contributed by atoms with Crippen LogP contribution in [0.1, 0.15) is 31.4 Å². The number of carbonyl (C=O) groups excluding carboxylic acids is 1. The Bertz CT molecular complexity index is 560. The quantitative estimate of drug-likeness (QED) is 0.739. The van der Waals surface area contributed by atoms with Crippen LogP contribution in [0.15, 0.2) is 24.5 Å². The first-order chi connectivity index (χ1) is 12.2. The van der Waals surface area contributed by atoms with E-state index in [4.69, 9.17) is 4.74 Å². The maximum atomic E-state index is 13.2. The lowest BCUT2D eigenvalue weighted by Crippen LogP contribution is -2.56. The van der Waals surface area contributed by atoms with Crippen LogP contribution in [0.2, 0.25) is 0 Å². The Morgan fingerprint density at radius 1 is 1.21 bits per heavy atom. The van der Waals surface area contributed by atoms with Crippen LogP contribution in [0.25, 0.3) is 0 Å². The molecule has 1 N–H and O–H groups in total. The molecule has 1 atom stereocenters. The summed E-state index contributed by atoms with van der Waals surface area (Å²) in [5, 5.41) is 3.36. The van der Waals surface area contributed by atoms with Gasteiger partial charge in [0.1, 0.15) is 0 Å². The van der Waals surface area contributed by atoms with Crippen LogP contribution in [0.5, 0.6) is 0 Å². The fraction of sp³-hybridized carbons (Fsp3) is 0.684. The van der Waals surface area contributed by atoms with Crippen molar-refractivity contribution in [2.24, 2.45) is 5.41 Å². The van der Waals surface area contributed by atoms with Crippen molar-refractivity contribution < 1.29 is 9.53 Å². The van der Waals surface area contributed by atoms with Crippen LogP contribution in [-0.2, 0) is 9.53 Å². The van der Waals surface area contributed by atoms with Crippen molar-refractivity contribution in [3.8, 4) is 0 Å². The van der Waals surface area contributed by atoms with E-state index in [-0.39, 0.29) is 48.5 Å². The normalized spacial score (nSPS) is 20.1. The summed E-state index contributed by atoms with van der Waals surface area (Å²) in [7, 11) is 1.70. The minimum atomic E-state index is -0.336. The van der Waals surface area contributed by atoms with E-state index in [1.165, 1.54) is 5.56 Å². The molecule has 2 aliphatic heterocycles. The van der Waals surface area contributed by atoms with E-state index in [0.717, 1.165) is 52.1 Å². The minimum absolute atomic E-state index is 0. The lowest BCUT2D eigenvalue weighted by Gasteiger charge is -2.43. The first-order valence-electron chi connectivity index (χ1n) is 9.29. The third kappa shape index (κ3) is 6.18. The molecule has 3 heterocycles.